The average molecular weight is 623 g/mol. The van der Waals surface area contributed by atoms with Crippen LogP contribution in [0.5, 0.6) is 11.8 Å². The quantitative estimate of drug-likeness (QED) is 0.241. The number of rotatable bonds is 6. The smallest absolute Gasteiger partial charge is 0.319 e. The number of aryl methyl sites for hydroxylation is 1. The number of alkyl halides is 1. The maximum Gasteiger partial charge on any atom is 0.319 e. The fourth-order valence-corrected chi connectivity index (χ4v) is 7.58. The molecule has 0 saturated carbocycles. The topological polar surface area (TPSA) is 78.8 Å². The number of aromatic nitrogens is 2. The lowest BCUT2D eigenvalue weighted by molar-refractivity contribution is -0.117. The SMILES string of the molecule is CCc1c(F)ccc2cc(O)cc(-c3c(F)cc4c(N5CCCCC(=O)C5)nc(OC[C@@]56CCCN5C[C@H](F)C6)nc4c3F)c12. The van der Waals surface area contributed by atoms with Crippen LogP contribution in [0.2, 0.25) is 0 Å². The second kappa shape index (κ2) is 11.4. The number of ether oxygens (including phenoxy) is 1. The van der Waals surface area contributed by atoms with Crippen molar-refractivity contribution < 1.29 is 32.2 Å². The molecule has 7 nitrogen and oxygen atoms in total. The predicted molar refractivity (Wildman–Crippen MR) is 163 cm³/mol. The van der Waals surface area contributed by atoms with Crippen molar-refractivity contribution in [3.05, 3.63) is 53.3 Å². The third-order valence-electron chi connectivity index (χ3n) is 9.65. The van der Waals surface area contributed by atoms with Crippen molar-refractivity contribution in [2.24, 2.45) is 0 Å². The fourth-order valence-electron chi connectivity index (χ4n) is 7.58. The van der Waals surface area contributed by atoms with E-state index in [0.29, 0.717) is 49.5 Å². The number of aromatic hydroxyl groups is 1. The molecule has 4 heterocycles. The van der Waals surface area contributed by atoms with E-state index >= 15 is 8.78 Å². The van der Waals surface area contributed by atoms with Crippen molar-refractivity contribution in [2.45, 2.75) is 63.6 Å². The highest BCUT2D eigenvalue weighted by atomic mass is 19.1. The summed E-state index contributed by atoms with van der Waals surface area (Å²) in [6, 6.07) is 6.35. The van der Waals surface area contributed by atoms with Crippen LogP contribution in [0, 0.1) is 17.5 Å². The van der Waals surface area contributed by atoms with Crippen LogP contribution in [0.4, 0.5) is 23.4 Å². The Kier molecular flexibility index (Phi) is 7.54. The third-order valence-corrected chi connectivity index (χ3v) is 9.65. The molecule has 0 spiro atoms. The Labute approximate surface area is 257 Å². The van der Waals surface area contributed by atoms with E-state index in [1.54, 1.807) is 11.8 Å². The molecular formula is C34H34F4N4O3. The maximum atomic E-state index is 16.8. The van der Waals surface area contributed by atoms with Gasteiger partial charge in [0.05, 0.1) is 17.6 Å². The summed E-state index contributed by atoms with van der Waals surface area (Å²) in [5.41, 5.74) is -0.955. The Morgan fingerprint density at radius 1 is 1.07 bits per heavy atom. The number of carbonyl (C=O) groups excluding carboxylic acids is 1. The summed E-state index contributed by atoms with van der Waals surface area (Å²) in [6.07, 6.45) is 3.04. The average Bonchev–Trinajstić information content (AvgIpc) is 3.43. The molecule has 0 amide bonds. The molecule has 236 valence electrons. The molecule has 0 unspecified atom stereocenters. The summed E-state index contributed by atoms with van der Waals surface area (Å²) in [6.45, 7) is 3.41. The van der Waals surface area contributed by atoms with E-state index in [1.807, 2.05) is 0 Å². The number of fused-ring (bicyclic) bond motifs is 3. The lowest BCUT2D eigenvalue weighted by Gasteiger charge is -2.31. The van der Waals surface area contributed by atoms with Crippen LogP contribution in [0.25, 0.3) is 32.8 Å². The van der Waals surface area contributed by atoms with Crippen LogP contribution >= 0.6 is 0 Å². The molecule has 3 saturated heterocycles. The van der Waals surface area contributed by atoms with Gasteiger partial charge in [0.1, 0.15) is 41.5 Å². The number of Topliss-reactive ketones (excluding diaryl/α,β-unsaturated/α-hetero) is 1. The zero-order valence-electron chi connectivity index (χ0n) is 25.0. The molecule has 3 fully saturated rings. The third kappa shape index (κ3) is 5.14. The van der Waals surface area contributed by atoms with Gasteiger partial charge in [-0.15, -0.1) is 0 Å². The first-order valence-electron chi connectivity index (χ1n) is 15.6. The minimum Gasteiger partial charge on any atom is -0.508 e. The summed E-state index contributed by atoms with van der Waals surface area (Å²) < 4.78 is 68.4. The number of hydrogen-bond donors (Lipinski definition) is 1. The zero-order valence-corrected chi connectivity index (χ0v) is 25.0. The number of ketones is 1. The van der Waals surface area contributed by atoms with Crippen LogP contribution in [0.1, 0.15) is 51.0 Å². The Balaban J connectivity index is 1.41. The van der Waals surface area contributed by atoms with Crippen LogP contribution in [-0.2, 0) is 11.2 Å². The van der Waals surface area contributed by atoms with Gasteiger partial charge in [-0.3, -0.25) is 9.69 Å². The van der Waals surface area contributed by atoms with Gasteiger partial charge in [-0.25, -0.2) is 17.6 Å². The van der Waals surface area contributed by atoms with Gasteiger partial charge in [0, 0.05) is 31.3 Å². The maximum absolute atomic E-state index is 16.8. The molecule has 2 atom stereocenters. The van der Waals surface area contributed by atoms with Gasteiger partial charge in [0.2, 0.25) is 0 Å². The normalized spacial score (nSPS) is 22.4. The first-order valence-corrected chi connectivity index (χ1v) is 15.6. The zero-order chi connectivity index (χ0) is 31.5. The molecule has 0 aliphatic carbocycles. The monoisotopic (exact) mass is 622 g/mol. The molecule has 7 rings (SSSR count). The lowest BCUT2D eigenvalue weighted by Crippen LogP contribution is -2.43. The van der Waals surface area contributed by atoms with E-state index in [2.05, 4.69) is 14.9 Å². The van der Waals surface area contributed by atoms with Crippen LogP contribution in [-0.4, -0.2) is 70.3 Å². The van der Waals surface area contributed by atoms with Crippen molar-refractivity contribution >= 4 is 33.3 Å². The van der Waals surface area contributed by atoms with E-state index in [-0.39, 0.29) is 65.0 Å². The number of nitrogens with zero attached hydrogens (tertiary/aromatic N) is 4. The first-order chi connectivity index (χ1) is 21.7. The Hall–Kier alpha value is -3.99. The molecule has 3 aliphatic heterocycles. The van der Waals surface area contributed by atoms with Crippen molar-refractivity contribution in [1.82, 2.24) is 14.9 Å². The molecule has 4 aromatic rings. The van der Waals surface area contributed by atoms with E-state index in [4.69, 9.17) is 4.74 Å². The van der Waals surface area contributed by atoms with E-state index in [9.17, 15) is 18.7 Å². The predicted octanol–water partition coefficient (Wildman–Crippen LogP) is 6.65. The number of phenolic OH excluding ortho intramolecular Hbond substituents is 1. The molecule has 3 aliphatic rings. The van der Waals surface area contributed by atoms with Crippen molar-refractivity contribution in [1.29, 1.82) is 0 Å². The van der Waals surface area contributed by atoms with Gasteiger partial charge in [-0.2, -0.15) is 9.97 Å². The van der Waals surface area contributed by atoms with Crippen molar-refractivity contribution in [2.75, 3.05) is 37.7 Å². The minimum atomic E-state index is -1.02. The number of hydrogen-bond acceptors (Lipinski definition) is 7. The summed E-state index contributed by atoms with van der Waals surface area (Å²) >= 11 is 0. The van der Waals surface area contributed by atoms with Gasteiger partial charge in [0.15, 0.2) is 11.6 Å². The molecule has 0 radical (unpaired) electrons. The standard InChI is InChI=1S/C34H34F4N4O3/c1-2-23-26(36)8-7-19-12-22(44)13-24(28(19)23)29-27(37)14-25-31(30(29)38)39-33(40-32(25)41-10-4-3-6-21(43)17-41)45-18-34-9-5-11-42(34)16-20(35)15-34/h7-8,12-14,20,44H,2-6,9-11,15-18H2,1H3/t20-,34+/m1/s1. The van der Waals surface area contributed by atoms with Crippen molar-refractivity contribution in [3.63, 3.8) is 0 Å². The van der Waals surface area contributed by atoms with Crippen LogP contribution in [0.15, 0.2) is 30.3 Å². The second-order valence-electron chi connectivity index (χ2n) is 12.5. The fraction of sp³-hybridized carbons (Fsp3) is 0.441. The summed E-state index contributed by atoms with van der Waals surface area (Å²) in [5.74, 6) is -2.57. The van der Waals surface area contributed by atoms with Crippen LogP contribution < -0.4 is 9.64 Å². The number of carbonyl (C=O) groups is 1. The summed E-state index contributed by atoms with van der Waals surface area (Å²) in [7, 11) is 0. The van der Waals surface area contributed by atoms with Gasteiger partial charge < -0.3 is 14.7 Å². The van der Waals surface area contributed by atoms with E-state index in [0.717, 1.165) is 25.5 Å². The largest absolute Gasteiger partial charge is 0.508 e. The summed E-state index contributed by atoms with van der Waals surface area (Å²) in [5, 5.41) is 11.3. The molecule has 45 heavy (non-hydrogen) atoms. The number of anilines is 1. The molecule has 0 bridgehead atoms. The summed E-state index contributed by atoms with van der Waals surface area (Å²) in [4.78, 5) is 25.4. The molecule has 3 aromatic carbocycles. The Bertz CT molecular complexity index is 1840. The minimum absolute atomic E-state index is 0.00809. The number of halogens is 4. The molecule has 1 N–H and O–H groups in total. The highest BCUT2D eigenvalue weighted by Gasteiger charge is 2.49. The van der Waals surface area contributed by atoms with Gasteiger partial charge in [-0.05, 0) is 84.8 Å². The van der Waals surface area contributed by atoms with Crippen molar-refractivity contribution in [3.8, 4) is 22.9 Å². The lowest BCUT2D eigenvalue weighted by atomic mass is 9.91. The van der Waals surface area contributed by atoms with Gasteiger partial charge in [-0.1, -0.05) is 13.0 Å². The molecule has 11 heteroatoms. The molecule has 1 aromatic heterocycles. The van der Waals surface area contributed by atoms with E-state index in [1.165, 1.54) is 24.3 Å². The van der Waals surface area contributed by atoms with Gasteiger partial charge >= 0.3 is 6.01 Å². The second-order valence-corrected chi connectivity index (χ2v) is 12.5. The van der Waals surface area contributed by atoms with Gasteiger partial charge in [0.25, 0.3) is 0 Å². The number of phenols is 1. The van der Waals surface area contributed by atoms with E-state index < -0.39 is 34.7 Å². The highest BCUT2D eigenvalue weighted by molar-refractivity contribution is 6.03. The molecular weight excluding hydrogens is 588 g/mol. The Morgan fingerprint density at radius 2 is 1.91 bits per heavy atom. The first kappa shape index (κ1) is 29.7. The Morgan fingerprint density at radius 3 is 2.73 bits per heavy atom. The number of benzene rings is 3. The van der Waals surface area contributed by atoms with Crippen LogP contribution in [0.3, 0.4) is 0 Å². The highest BCUT2D eigenvalue weighted by Crippen LogP contribution is 2.43.